The van der Waals surface area contributed by atoms with Gasteiger partial charge in [0, 0.05) is 11.6 Å². The number of rotatable bonds is 3. The average molecular weight is 253 g/mol. The molecule has 1 aliphatic heterocycles. The zero-order chi connectivity index (χ0) is 13.1. The Labute approximate surface area is 114 Å². The van der Waals surface area contributed by atoms with Crippen LogP contribution in [0.25, 0.3) is 11.1 Å². The van der Waals surface area contributed by atoms with E-state index in [1.165, 1.54) is 24.0 Å². The summed E-state index contributed by atoms with van der Waals surface area (Å²) in [6.45, 7) is 1.13. The molecule has 0 spiro atoms. The minimum absolute atomic E-state index is 0.509. The summed E-state index contributed by atoms with van der Waals surface area (Å²) in [4.78, 5) is 0. The normalized spacial score (nSPS) is 18.5. The van der Waals surface area contributed by atoms with E-state index in [2.05, 4.69) is 41.7 Å². The van der Waals surface area contributed by atoms with E-state index in [-0.39, 0.29) is 0 Å². The Morgan fingerprint density at radius 1 is 1.11 bits per heavy atom. The van der Waals surface area contributed by atoms with Crippen molar-refractivity contribution in [3.63, 3.8) is 0 Å². The summed E-state index contributed by atoms with van der Waals surface area (Å²) in [6, 6.07) is 17.5. The van der Waals surface area contributed by atoms with Crippen LogP contribution >= 0.6 is 0 Å². The quantitative estimate of drug-likeness (QED) is 0.898. The first-order valence-electron chi connectivity index (χ1n) is 6.85. The monoisotopic (exact) mass is 253 g/mol. The molecule has 1 heterocycles. The van der Waals surface area contributed by atoms with Crippen molar-refractivity contribution in [2.24, 2.45) is 0 Å². The summed E-state index contributed by atoms with van der Waals surface area (Å²) in [5, 5.41) is 3.55. The summed E-state index contributed by atoms with van der Waals surface area (Å²) >= 11 is 0. The summed E-state index contributed by atoms with van der Waals surface area (Å²) in [7, 11) is 1.72. The molecule has 1 N–H and O–H groups in total. The van der Waals surface area contributed by atoms with Gasteiger partial charge in [-0.25, -0.2) is 0 Å². The second-order valence-corrected chi connectivity index (χ2v) is 4.97. The van der Waals surface area contributed by atoms with Gasteiger partial charge in [-0.3, -0.25) is 0 Å². The van der Waals surface area contributed by atoms with Crippen molar-refractivity contribution in [1.82, 2.24) is 5.32 Å². The minimum atomic E-state index is 0.509. The lowest BCUT2D eigenvalue weighted by molar-refractivity contribution is 0.416. The molecule has 1 saturated heterocycles. The Bertz CT molecular complexity index is 559. The first-order valence-corrected chi connectivity index (χ1v) is 6.85. The first kappa shape index (κ1) is 12.2. The molecule has 0 unspecified atom stereocenters. The van der Waals surface area contributed by atoms with Crippen molar-refractivity contribution >= 4 is 0 Å². The Morgan fingerprint density at radius 3 is 2.79 bits per heavy atom. The van der Waals surface area contributed by atoms with E-state index in [1.807, 2.05) is 12.1 Å². The highest BCUT2D eigenvalue weighted by molar-refractivity contribution is 5.71. The molecule has 2 heteroatoms. The van der Waals surface area contributed by atoms with Gasteiger partial charge in [-0.15, -0.1) is 0 Å². The van der Waals surface area contributed by atoms with Crippen molar-refractivity contribution in [2.45, 2.75) is 18.9 Å². The molecule has 1 fully saturated rings. The standard InChI is InChI=1S/C17H19NO/c1-19-17-10-3-2-8-15(17)13-6-4-7-14(12-13)16-9-5-11-18-16/h2-4,6-8,10,12,16,18H,5,9,11H2,1H3/t16-/m0/s1. The third-order valence-corrected chi connectivity index (χ3v) is 3.77. The van der Waals surface area contributed by atoms with E-state index in [4.69, 9.17) is 4.74 Å². The lowest BCUT2D eigenvalue weighted by Gasteiger charge is -2.13. The second kappa shape index (κ2) is 5.45. The molecule has 0 amide bonds. The molecule has 2 aromatic carbocycles. The van der Waals surface area contributed by atoms with Gasteiger partial charge in [0.05, 0.1) is 7.11 Å². The molecule has 98 valence electrons. The van der Waals surface area contributed by atoms with Gasteiger partial charge in [-0.2, -0.15) is 0 Å². The van der Waals surface area contributed by atoms with Crippen LogP contribution < -0.4 is 10.1 Å². The maximum absolute atomic E-state index is 5.45. The predicted octanol–water partition coefficient (Wildman–Crippen LogP) is 3.79. The van der Waals surface area contributed by atoms with Crippen LogP contribution in [0.2, 0.25) is 0 Å². The van der Waals surface area contributed by atoms with Crippen LogP contribution in [-0.2, 0) is 0 Å². The van der Waals surface area contributed by atoms with Crippen LogP contribution in [0.15, 0.2) is 48.5 Å². The van der Waals surface area contributed by atoms with E-state index in [9.17, 15) is 0 Å². The van der Waals surface area contributed by atoms with Crippen molar-refractivity contribution in [3.05, 3.63) is 54.1 Å². The second-order valence-electron chi connectivity index (χ2n) is 4.97. The van der Waals surface area contributed by atoms with Crippen LogP contribution in [0.5, 0.6) is 5.75 Å². The molecular formula is C17H19NO. The number of nitrogens with one attached hydrogen (secondary N) is 1. The molecule has 2 nitrogen and oxygen atoms in total. The summed E-state index contributed by atoms with van der Waals surface area (Å²) in [5.74, 6) is 0.930. The number of hydrogen-bond donors (Lipinski definition) is 1. The highest BCUT2D eigenvalue weighted by Crippen LogP contribution is 2.32. The van der Waals surface area contributed by atoms with Gasteiger partial charge in [-0.05, 0) is 42.6 Å². The molecule has 0 radical (unpaired) electrons. The molecule has 19 heavy (non-hydrogen) atoms. The largest absolute Gasteiger partial charge is 0.496 e. The minimum Gasteiger partial charge on any atom is -0.496 e. The van der Waals surface area contributed by atoms with Gasteiger partial charge < -0.3 is 10.1 Å². The van der Waals surface area contributed by atoms with Gasteiger partial charge >= 0.3 is 0 Å². The van der Waals surface area contributed by atoms with Crippen molar-refractivity contribution < 1.29 is 4.74 Å². The van der Waals surface area contributed by atoms with Gasteiger partial charge in [-0.1, -0.05) is 36.4 Å². The van der Waals surface area contributed by atoms with E-state index < -0.39 is 0 Å². The van der Waals surface area contributed by atoms with Gasteiger partial charge in [0.25, 0.3) is 0 Å². The van der Waals surface area contributed by atoms with Crippen LogP contribution in [-0.4, -0.2) is 13.7 Å². The summed E-state index contributed by atoms with van der Waals surface area (Å²) in [6.07, 6.45) is 2.50. The zero-order valence-electron chi connectivity index (χ0n) is 11.2. The SMILES string of the molecule is COc1ccccc1-c1cccc([C@@H]2CCCN2)c1. The van der Waals surface area contributed by atoms with Crippen molar-refractivity contribution in [2.75, 3.05) is 13.7 Å². The number of hydrogen-bond acceptors (Lipinski definition) is 2. The number of methoxy groups -OCH3 is 1. The number of para-hydroxylation sites is 1. The van der Waals surface area contributed by atoms with Gasteiger partial charge in [0.1, 0.15) is 5.75 Å². The van der Waals surface area contributed by atoms with Crippen molar-refractivity contribution in [3.8, 4) is 16.9 Å². The smallest absolute Gasteiger partial charge is 0.126 e. The molecule has 0 bridgehead atoms. The third-order valence-electron chi connectivity index (χ3n) is 3.77. The van der Waals surface area contributed by atoms with Crippen LogP contribution in [0.3, 0.4) is 0 Å². The first-order chi connectivity index (χ1) is 9.38. The van der Waals surface area contributed by atoms with Crippen LogP contribution in [0.1, 0.15) is 24.4 Å². The fourth-order valence-corrected chi connectivity index (χ4v) is 2.78. The maximum Gasteiger partial charge on any atom is 0.126 e. The highest BCUT2D eigenvalue weighted by atomic mass is 16.5. The van der Waals surface area contributed by atoms with Gasteiger partial charge in [0.2, 0.25) is 0 Å². The predicted molar refractivity (Wildman–Crippen MR) is 78.4 cm³/mol. The van der Waals surface area contributed by atoms with Gasteiger partial charge in [0.15, 0.2) is 0 Å². The van der Waals surface area contributed by atoms with Crippen LogP contribution in [0.4, 0.5) is 0 Å². The number of benzene rings is 2. The zero-order valence-corrected chi connectivity index (χ0v) is 11.2. The average Bonchev–Trinajstić information content (AvgIpc) is 3.01. The topological polar surface area (TPSA) is 21.3 Å². The third kappa shape index (κ3) is 2.49. The van der Waals surface area contributed by atoms with E-state index >= 15 is 0 Å². The summed E-state index contributed by atoms with van der Waals surface area (Å²) < 4.78 is 5.45. The maximum atomic E-state index is 5.45. The number of ether oxygens (including phenoxy) is 1. The van der Waals surface area contributed by atoms with E-state index in [0.717, 1.165) is 17.9 Å². The van der Waals surface area contributed by atoms with E-state index in [1.54, 1.807) is 7.11 Å². The molecule has 0 saturated carbocycles. The Balaban J connectivity index is 1.98. The molecule has 0 aromatic heterocycles. The molecule has 1 atom stereocenters. The summed E-state index contributed by atoms with van der Waals surface area (Å²) in [5.41, 5.74) is 3.76. The Kier molecular flexibility index (Phi) is 3.51. The molecule has 0 aliphatic carbocycles. The Morgan fingerprint density at radius 2 is 2.00 bits per heavy atom. The fourth-order valence-electron chi connectivity index (χ4n) is 2.78. The molecule has 1 aliphatic rings. The molecule has 3 rings (SSSR count). The lowest BCUT2D eigenvalue weighted by Crippen LogP contribution is -2.12. The lowest BCUT2D eigenvalue weighted by atomic mass is 9.98. The molecule has 2 aromatic rings. The molecular weight excluding hydrogens is 234 g/mol. The fraction of sp³-hybridized carbons (Fsp3) is 0.294. The van der Waals surface area contributed by atoms with Crippen LogP contribution in [0, 0.1) is 0 Å². The van der Waals surface area contributed by atoms with Crippen molar-refractivity contribution in [1.29, 1.82) is 0 Å². The Hall–Kier alpha value is -1.80. The highest BCUT2D eigenvalue weighted by Gasteiger charge is 2.16. The van der Waals surface area contributed by atoms with E-state index in [0.29, 0.717) is 6.04 Å².